The summed E-state index contributed by atoms with van der Waals surface area (Å²) in [6.45, 7) is 0. The van der Waals surface area contributed by atoms with Gasteiger partial charge < -0.3 is 9.40 Å². The lowest BCUT2D eigenvalue weighted by atomic mass is 10.2. The minimum atomic E-state index is 0.962. The van der Waals surface area contributed by atoms with Gasteiger partial charge in [-0.05, 0) is 29.7 Å². The lowest BCUT2D eigenvalue weighted by Gasteiger charge is -1.85. The molecule has 0 bridgehead atoms. The largest absolute Gasteiger partial charge is 0.456 e. The van der Waals surface area contributed by atoms with Gasteiger partial charge in [-0.1, -0.05) is 54.6 Å². The highest BCUT2D eigenvalue weighted by atomic mass is 16.3. The average Bonchev–Trinajstić information content (AvgIpc) is 3.19. The first-order valence-corrected chi connectivity index (χ1v) is 7.30. The van der Waals surface area contributed by atoms with E-state index in [2.05, 4.69) is 35.3 Å². The van der Waals surface area contributed by atoms with Gasteiger partial charge in [0.2, 0.25) is 0 Å². The second-order valence-corrected chi connectivity index (χ2v) is 5.16. The zero-order valence-electron chi connectivity index (χ0n) is 12.0. The number of aromatic nitrogens is 1. The van der Waals surface area contributed by atoms with Crippen LogP contribution in [0, 0.1) is 0 Å². The molecule has 0 aliphatic rings. The van der Waals surface area contributed by atoms with E-state index in [-0.39, 0.29) is 0 Å². The molecular weight excluding hydrogens is 270 g/mol. The predicted octanol–water partition coefficient (Wildman–Crippen LogP) is 5.75. The minimum absolute atomic E-state index is 0.962. The van der Waals surface area contributed by atoms with Crippen LogP contribution in [0.4, 0.5) is 0 Å². The number of benzene rings is 3. The summed E-state index contributed by atoms with van der Waals surface area (Å²) in [4.78, 5) is 3.12. The van der Waals surface area contributed by atoms with Crippen molar-refractivity contribution >= 4 is 32.8 Å². The van der Waals surface area contributed by atoms with Crippen LogP contribution in [-0.2, 0) is 0 Å². The number of hydrogen-bond acceptors (Lipinski definition) is 1. The fourth-order valence-electron chi connectivity index (χ4n) is 2.67. The highest BCUT2D eigenvalue weighted by Gasteiger charge is 2.03. The van der Waals surface area contributed by atoms with Gasteiger partial charge in [0.1, 0.15) is 11.2 Å². The zero-order chi connectivity index (χ0) is 14.8. The van der Waals surface area contributed by atoms with E-state index in [0.29, 0.717) is 0 Å². The number of furan rings is 1. The van der Waals surface area contributed by atoms with Crippen molar-refractivity contribution in [2.24, 2.45) is 0 Å². The summed E-state index contributed by atoms with van der Waals surface area (Å²) in [5.74, 6) is 0. The Bertz CT molecular complexity index is 959. The lowest BCUT2D eigenvalue weighted by molar-refractivity contribution is 0.669. The summed E-state index contributed by atoms with van der Waals surface area (Å²) in [5.41, 5.74) is 3.13. The third-order valence-electron chi connectivity index (χ3n) is 3.75. The molecule has 0 amide bonds. The van der Waals surface area contributed by atoms with Crippen LogP contribution in [0.5, 0.6) is 0 Å². The third kappa shape index (κ3) is 2.25. The molecule has 0 fully saturated rings. The van der Waals surface area contributed by atoms with E-state index in [1.807, 2.05) is 54.7 Å². The van der Waals surface area contributed by atoms with Gasteiger partial charge in [-0.25, -0.2) is 0 Å². The summed E-state index contributed by atoms with van der Waals surface area (Å²) >= 11 is 0. The second kappa shape index (κ2) is 5.41. The Morgan fingerprint density at radius 2 is 1.18 bits per heavy atom. The van der Waals surface area contributed by atoms with Gasteiger partial charge in [0, 0.05) is 22.5 Å². The summed E-state index contributed by atoms with van der Waals surface area (Å²) in [6, 6.07) is 26.5. The molecule has 0 unspecified atom stereocenters. The lowest BCUT2D eigenvalue weighted by Crippen LogP contribution is -1.62. The van der Waals surface area contributed by atoms with Crippen LogP contribution in [0.2, 0.25) is 0 Å². The molecule has 5 rings (SSSR count). The van der Waals surface area contributed by atoms with E-state index < -0.39 is 0 Å². The normalized spacial score (nSPS) is 10.7. The molecule has 0 aliphatic carbocycles. The van der Waals surface area contributed by atoms with Crippen LogP contribution in [0.1, 0.15) is 0 Å². The van der Waals surface area contributed by atoms with Gasteiger partial charge in [-0.3, -0.25) is 0 Å². The van der Waals surface area contributed by atoms with E-state index in [0.717, 1.165) is 11.2 Å². The van der Waals surface area contributed by atoms with Crippen molar-refractivity contribution in [2.75, 3.05) is 0 Å². The summed E-state index contributed by atoms with van der Waals surface area (Å²) < 4.78 is 5.65. The Labute approximate surface area is 128 Å². The van der Waals surface area contributed by atoms with Crippen LogP contribution < -0.4 is 0 Å². The van der Waals surface area contributed by atoms with Crippen LogP contribution in [-0.4, -0.2) is 4.98 Å². The SMILES string of the molecule is c1ccc2[nH]ccc2c1.c1ccc2c(c1)oc1ccccc12. The van der Waals surface area contributed by atoms with Crippen molar-refractivity contribution in [1.82, 2.24) is 4.98 Å². The number of fused-ring (bicyclic) bond motifs is 4. The van der Waals surface area contributed by atoms with Gasteiger partial charge in [0.25, 0.3) is 0 Å². The Morgan fingerprint density at radius 3 is 1.86 bits per heavy atom. The number of para-hydroxylation sites is 3. The van der Waals surface area contributed by atoms with Crippen molar-refractivity contribution < 1.29 is 4.42 Å². The fourth-order valence-corrected chi connectivity index (χ4v) is 2.67. The summed E-state index contributed by atoms with van der Waals surface area (Å²) in [6.07, 6.45) is 1.95. The van der Waals surface area contributed by atoms with Crippen molar-refractivity contribution in [3.63, 3.8) is 0 Å². The fraction of sp³-hybridized carbons (Fsp3) is 0. The molecule has 2 aromatic heterocycles. The van der Waals surface area contributed by atoms with Crippen molar-refractivity contribution in [1.29, 1.82) is 0 Å². The molecule has 0 radical (unpaired) electrons. The van der Waals surface area contributed by atoms with E-state index in [4.69, 9.17) is 4.42 Å². The van der Waals surface area contributed by atoms with Crippen LogP contribution in [0.15, 0.2) is 89.5 Å². The smallest absolute Gasteiger partial charge is 0.135 e. The van der Waals surface area contributed by atoms with Crippen molar-refractivity contribution in [3.8, 4) is 0 Å². The number of aromatic amines is 1. The molecule has 0 aliphatic heterocycles. The highest BCUT2D eigenvalue weighted by Crippen LogP contribution is 2.27. The zero-order valence-corrected chi connectivity index (χ0v) is 12.0. The molecule has 3 aromatic carbocycles. The topological polar surface area (TPSA) is 28.9 Å². The van der Waals surface area contributed by atoms with Crippen LogP contribution in [0.25, 0.3) is 32.8 Å². The molecular formula is C20H15NO. The van der Waals surface area contributed by atoms with E-state index >= 15 is 0 Å². The number of hydrogen-bond donors (Lipinski definition) is 1. The van der Waals surface area contributed by atoms with Gasteiger partial charge in [-0.2, -0.15) is 0 Å². The van der Waals surface area contributed by atoms with Gasteiger partial charge in [0.15, 0.2) is 0 Å². The monoisotopic (exact) mass is 285 g/mol. The predicted molar refractivity (Wildman–Crippen MR) is 92.0 cm³/mol. The number of rotatable bonds is 0. The maximum Gasteiger partial charge on any atom is 0.135 e. The maximum atomic E-state index is 5.65. The molecule has 22 heavy (non-hydrogen) atoms. The Kier molecular flexibility index (Phi) is 3.13. The van der Waals surface area contributed by atoms with Gasteiger partial charge in [0.05, 0.1) is 0 Å². The second-order valence-electron chi connectivity index (χ2n) is 5.16. The highest BCUT2D eigenvalue weighted by molar-refractivity contribution is 6.04. The first kappa shape index (κ1) is 12.7. The molecule has 0 atom stereocenters. The van der Waals surface area contributed by atoms with Crippen LogP contribution >= 0.6 is 0 Å². The molecule has 0 saturated heterocycles. The number of nitrogens with one attached hydrogen (secondary N) is 1. The Hall–Kier alpha value is -3.00. The Morgan fingerprint density at radius 1 is 0.591 bits per heavy atom. The molecule has 5 aromatic rings. The number of H-pyrrole nitrogens is 1. The first-order chi connectivity index (χ1) is 10.9. The molecule has 1 N–H and O–H groups in total. The molecule has 2 heterocycles. The van der Waals surface area contributed by atoms with E-state index in [1.54, 1.807) is 0 Å². The Balaban J connectivity index is 0.000000122. The molecule has 0 spiro atoms. The van der Waals surface area contributed by atoms with Gasteiger partial charge >= 0.3 is 0 Å². The maximum absolute atomic E-state index is 5.65. The summed E-state index contributed by atoms with van der Waals surface area (Å²) in [7, 11) is 0. The molecule has 106 valence electrons. The first-order valence-electron chi connectivity index (χ1n) is 7.30. The van der Waals surface area contributed by atoms with E-state index in [1.165, 1.54) is 21.7 Å². The third-order valence-corrected chi connectivity index (χ3v) is 3.75. The minimum Gasteiger partial charge on any atom is -0.456 e. The quantitative estimate of drug-likeness (QED) is 0.385. The van der Waals surface area contributed by atoms with Crippen molar-refractivity contribution in [2.45, 2.75) is 0 Å². The average molecular weight is 285 g/mol. The van der Waals surface area contributed by atoms with E-state index in [9.17, 15) is 0 Å². The van der Waals surface area contributed by atoms with Crippen LogP contribution in [0.3, 0.4) is 0 Å². The molecule has 0 saturated carbocycles. The molecule has 2 heteroatoms. The van der Waals surface area contributed by atoms with Crippen molar-refractivity contribution in [3.05, 3.63) is 85.1 Å². The van der Waals surface area contributed by atoms with Gasteiger partial charge in [-0.15, -0.1) is 0 Å². The molecule has 2 nitrogen and oxygen atoms in total. The standard InChI is InChI=1S/C12H8O.C8H7N/c1-3-7-11-9(5-1)10-6-2-4-8-12(10)13-11;1-2-4-8-7(3-1)5-6-9-8/h1-8H;1-6,9H. The summed E-state index contributed by atoms with van der Waals surface area (Å²) in [5, 5.41) is 3.66.